The highest BCUT2D eigenvalue weighted by molar-refractivity contribution is 5.98. The molecule has 0 radical (unpaired) electrons. The molecule has 0 rings (SSSR count). The van der Waals surface area contributed by atoms with Gasteiger partial charge in [-0.3, -0.25) is 4.79 Å². The number of ketones is 1. The van der Waals surface area contributed by atoms with E-state index in [4.69, 9.17) is 0 Å². The summed E-state index contributed by atoms with van der Waals surface area (Å²) in [7, 11) is 0. The fraction of sp³-hybridized carbons (Fsp3) is 0.737. The Hall–Kier alpha value is -0.850. The maximum atomic E-state index is 10.9. The second-order valence-electron chi connectivity index (χ2n) is 5.69. The van der Waals surface area contributed by atoms with Crippen molar-refractivity contribution < 1.29 is 4.79 Å². The molecule has 0 unspecified atom stereocenters. The Morgan fingerprint density at radius 3 is 1.70 bits per heavy atom. The van der Waals surface area contributed by atoms with Crippen molar-refractivity contribution in [3.63, 3.8) is 0 Å². The first-order valence-electron chi connectivity index (χ1n) is 8.64. The molecule has 0 bridgehead atoms. The molecule has 20 heavy (non-hydrogen) atoms. The minimum atomic E-state index is 0.0175. The molecular formula is C19H34O. The van der Waals surface area contributed by atoms with Crippen LogP contribution in [0.5, 0.6) is 0 Å². The molecule has 0 saturated carbocycles. The summed E-state index contributed by atoms with van der Waals surface area (Å²) >= 11 is 0. The Bertz CT molecular complexity index is 252. The van der Waals surface area contributed by atoms with Gasteiger partial charge in [0.15, 0.2) is 5.78 Å². The summed E-state index contributed by atoms with van der Waals surface area (Å²) in [5.74, 6) is 0.0175. The highest BCUT2D eigenvalue weighted by atomic mass is 16.1. The summed E-state index contributed by atoms with van der Waals surface area (Å²) in [6, 6.07) is 0. The maximum absolute atomic E-state index is 10.9. The van der Waals surface area contributed by atoms with Gasteiger partial charge in [-0.15, -0.1) is 0 Å². The average Bonchev–Trinajstić information content (AvgIpc) is 2.47. The fourth-order valence-electron chi connectivity index (χ4n) is 2.37. The standard InChI is InChI=1S/C19H34O/c1-3-5-6-7-8-9-10-11-12-13-14-15-16-17-18-19(20)4-2/h4,17-18H,2-3,5-16H2,1H3. The predicted molar refractivity (Wildman–Crippen MR) is 90.0 cm³/mol. The topological polar surface area (TPSA) is 17.1 Å². The highest BCUT2D eigenvalue weighted by Crippen LogP contribution is 2.12. The van der Waals surface area contributed by atoms with E-state index in [9.17, 15) is 4.79 Å². The molecule has 0 aliphatic heterocycles. The van der Waals surface area contributed by atoms with E-state index in [2.05, 4.69) is 13.5 Å². The quantitative estimate of drug-likeness (QED) is 0.250. The molecule has 0 saturated heterocycles. The maximum Gasteiger partial charge on any atom is 0.177 e. The fourth-order valence-corrected chi connectivity index (χ4v) is 2.37. The first kappa shape index (κ1) is 19.1. The molecule has 0 aliphatic rings. The molecule has 1 nitrogen and oxygen atoms in total. The van der Waals surface area contributed by atoms with Crippen LogP contribution in [0.1, 0.15) is 90.4 Å². The van der Waals surface area contributed by atoms with Gasteiger partial charge in [-0.2, -0.15) is 0 Å². The van der Waals surface area contributed by atoms with Gasteiger partial charge in [0.2, 0.25) is 0 Å². The summed E-state index contributed by atoms with van der Waals surface area (Å²) < 4.78 is 0. The van der Waals surface area contributed by atoms with Crippen molar-refractivity contribution >= 4 is 5.78 Å². The first-order valence-corrected chi connectivity index (χ1v) is 8.64. The number of carbonyl (C=O) groups is 1. The normalized spacial score (nSPS) is 11.1. The number of unbranched alkanes of at least 4 members (excludes halogenated alkanes) is 12. The minimum absolute atomic E-state index is 0.0175. The van der Waals surface area contributed by atoms with Crippen molar-refractivity contribution in [1.82, 2.24) is 0 Å². The van der Waals surface area contributed by atoms with Gasteiger partial charge >= 0.3 is 0 Å². The number of rotatable bonds is 15. The average molecular weight is 278 g/mol. The van der Waals surface area contributed by atoms with Crippen molar-refractivity contribution in [2.24, 2.45) is 0 Å². The van der Waals surface area contributed by atoms with Crippen LogP contribution in [-0.4, -0.2) is 5.78 Å². The Morgan fingerprint density at radius 2 is 1.25 bits per heavy atom. The van der Waals surface area contributed by atoms with Crippen LogP contribution in [-0.2, 0) is 4.79 Å². The van der Waals surface area contributed by atoms with Gasteiger partial charge < -0.3 is 0 Å². The molecule has 0 heterocycles. The van der Waals surface area contributed by atoms with Crippen LogP contribution in [0.4, 0.5) is 0 Å². The first-order chi connectivity index (χ1) is 9.81. The van der Waals surface area contributed by atoms with Gasteiger partial charge in [0.25, 0.3) is 0 Å². The summed E-state index contributed by atoms with van der Waals surface area (Å²) in [6.45, 7) is 5.72. The van der Waals surface area contributed by atoms with E-state index in [0.717, 1.165) is 6.42 Å². The van der Waals surface area contributed by atoms with Gasteiger partial charge in [0, 0.05) is 0 Å². The van der Waals surface area contributed by atoms with Gasteiger partial charge in [-0.25, -0.2) is 0 Å². The molecule has 0 aliphatic carbocycles. The molecule has 0 aromatic carbocycles. The Morgan fingerprint density at radius 1 is 0.800 bits per heavy atom. The van der Waals surface area contributed by atoms with Gasteiger partial charge in [0.1, 0.15) is 0 Å². The summed E-state index contributed by atoms with van der Waals surface area (Å²) in [5, 5.41) is 0. The molecule has 0 fully saturated rings. The van der Waals surface area contributed by atoms with E-state index in [-0.39, 0.29) is 5.78 Å². The van der Waals surface area contributed by atoms with Crippen LogP contribution < -0.4 is 0 Å². The smallest absolute Gasteiger partial charge is 0.177 e. The number of carbonyl (C=O) groups excluding carboxylic acids is 1. The van der Waals surface area contributed by atoms with Crippen molar-refractivity contribution in [2.75, 3.05) is 0 Å². The molecular weight excluding hydrogens is 244 g/mol. The molecule has 116 valence electrons. The minimum Gasteiger partial charge on any atom is -0.290 e. The second-order valence-corrected chi connectivity index (χ2v) is 5.69. The van der Waals surface area contributed by atoms with Crippen LogP contribution in [0.25, 0.3) is 0 Å². The molecule has 0 atom stereocenters. The lowest BCUT2D eigenvalue weighted by molar-refractivity contribution is -0.110. The monoisotopic (exact) mass is 278 g/mol. The van der Waals surface area contributed by atoms with Crippen LogP contribution in [0.15, 0.2) is 24.8 Å². The van der Waals surface area contributed by atoms with E-state index in [0.29, 0.717) is 0 Å². The summed E-state index contributed by atoms with van der Waals surface area (Å²) in [4.78, 5) is 10.9. The zero-order valence-corrected chi connectivity index (χ0v) is 13.5. The van der Waals surface area contributed by atoms with Gasteiger partial charge in [-0.05, 0) is 25.0 Å². The molecule has 1 heteroatoms. The van der Waals surface area contributed by atoms with Crippen LogP contribution in [0, 0.1) is 0 Å². The lowest BCUT2D eigenvalue weighted by atomic mass is 10.0. The van der Waals surface area contributed by atoms with Crippen molar-refractivity contribution in [2.45, 2.75) is 90.4 Å². The van der Waals surface area contributed by atoms with Crippen molar-refractivity contribution in [3.8, 4) is 0 Å². The SMILES string of the molecule is C=CC(=O)C=CCCCCCCCCCCCCCC. The van der Waals surface area contributed by atoms with Gasteiger partial charge in [-0.1, -0.05) is 90.2 Å². The van der Waals surface area contributed by atoms with Crippen LogP contribution in [0.3, 0.4) is 0 Å². The van der Waals surface area contributed by atoms with E-state index < -0.39 is 0 Å². The third kappa shape index (κ3) is 15.2. The zero-order chi connectivity index (χ0) is 14.9. The number of allylic oxidation sites excluding steroid dienone is 3. The second kappa shape index (κ2) is 16.2. The van der Waals surface area contributed by atoms with E-state index in [1.807, 2.05) is 6.08 Å². The third-order valence-electron chi connectivity index (χ3n) is 3.71. The largest absolute Gasteiger partial charge is 0.290 e. The highest BCUT2D eigenvalue weighted by Gasteiger charge is 1.93. The van der Waals surface area contributed by atoms with E-state index >= 15 is 0 Å². The lowest BCUT2D eigenvalue weighted by Gasteiger charge is -2.02. The Balaban J connectivity index is 3.08. The summed E-state index contributed by atoms with van der Waals surface area (Å²) in [6.07, 6.45) is 22.5. The molecule has 0 spiro atoms. The Kier molecular flexibility index (Phi) is 15.5. The van der Waals surface area contributed by atoms with Crippen LogP contribution in [0.2, 0.25) is 0 Å². The van der Waals surface area contributed by atoms with Crippen molar-refractivity contribution in [3.05, 3.63) is 24.8 Å². The lowest BCUT2D eigenvalue weighted by Crippen LogP contribution is -1.84. The molecule has 0 N–H and O–H groups in total. The van der Waals surface area contributed by atoms with Crippen molar-refractivity contribution in [1.29, 1.82) is 0 Å². The van der Waals surface area contributed by atoms with E-state index in [1.165, 1.54) is 83.1 Å². The molecule has 0 amide bonds. The Labute approximate surface area is 126 Å². The zero-order valence-electron chi connectivity index (χ0n) is 13.5. The molecule has 0 aromatic rings. The number of hydrogen-bond acceptors (Lipinski definition) is 1. The predicted octanol–water partition coefficient (Wildman–Crippen LogP) is 6.39. The molecule has 0 aromatic heterocycles. The van der Waals surface area contributed by atoms with Crippen LogP contribution >= 0.6 is 0 Å². The third-order valence-corrected chi connectivity index (χ3v) is 3.71. The van der Waals surface area contributed by atoms with E-state index in [1.54, 1.807) is 6.08 Å². The summed E-state index contributed by atoms with van der Waals surface area (Å²) in [5.41, 5.74) is 0. The van der Waals surface area contributed by atoms with Gasteiger partial charge in [0.05, 0.1) is 0 Å². The number of hydrogen-bond donors (Lipinski definition) is 0.